The van der Waals surface area contributed by atoms with E-state index in [1.807, 2.05) is 22.9 Å². The van der Waals surface area contributed by atoms with Gasteiger partial charge >= 0.3 is 0 Å². The molecule has 4 aromatic rings. The molecule has 136 valence electrons. The van der Waals surface area contributed by atoms with Gasteiger partial charge in [0, 0.05) is 16.3 Å². The molecule has 0 aliphatic heterocycles. The summed E-state index contributed by atoms with van der Waals surface area (Å²) < 4.78 is 27.2. The van der Waals surface area contributed by atoms with Crippen molar-refractivity contribution in [2.24, 2.45) is 0 Å². The molecule has 3 heterocycles. The number of benzene rings is 1. The fourth-order valence-electron chi connectivity index (χ4n) is 2.38. The Hall–Kier alpha value is -2.49. The molecule has 0 saturated heterocycles. The van der Waals surface area contributed by atoms with Crippen molar-refractivity contribution in [3.63, 3.8) is 0 Å². The molecule has 27 heavy (non-hydrogen) atoms. The summed E-state index contributed by atoms with van der Waals surface area (Å²) in [6.07, 6.45) is 0.116. The van der Waals surface area contributed by atoms with Crippen molar-refractivity contribution in [3.05, 3.63) is 63.8 Å². The van der Waals surface area contributed by atoms with Gasteiger partial charge in [-0.1, -0.05) is 6.07 Å². The van der Waals surface area contributed by atoms with Gasteiger partial charge in [-0.15, -0.1) is 34.0 Å². The van der Waals surface area contributed by atoms with Crippen LogP contribution in [0.25, 0.3) is 21.1 Å². The van der Waals surface area contributed by atoms with Crippen LogP contribution in [0.1, 0.15) is 5.69 Å². The minimum absolute atomic E-state index is 0.0619. The van der Waals surface area contributed by atoms with Gasteiger partial charge in [-0.2, -0.15) is 0 Å². The number of rotatable bonds is 5. The van der Waals surface area contributed by atoms with Crippen LogP contribution in [0.3, 0.4) is 0 Å². The highest BCUT2D eigenvalue weighted by molar-refractivity contribution is 7.20. The molecule has 0 fully saturated rings. The lowest BCUT2D eigenvalue weighted by Crippen LogP contribution is -2.14. The SMILES string of the molecule is O=C(Cc1csc(-c2cccs2)n1)Nc1nc(-c2cc(F)ccc2F)cs1. The Kier molecular flexibility index (Phi) is 5.06. The smallest absolute Gasteiger partial charge is 0.232 e. The van der Waals surface area contributed by atoms with Gasteiger partial charge in [0.05, 0.1) is 22.7 Å². The van der Waals surface area contributed by atoms with Gasteiger partial charge in [-0.25, -0.2) is 18.7 Å². The maximum atomic E-state index is 13.8. The van der Waals surface area contributed by atoms with Crippen molar-refractivity contribution in [2.75, 3.05) is 5.32 Å². The Morgan fingerprint density at radius 3 is 2.78 bits per heavy atom. The van der Waals surface area contributed by atoms with Gasteiger partial charge in [0.2, 0.25) is 5.91 Å². The van der Waals surface area contributed by atoms with E-state index in [9.17, 15) is 13.6 Å². The molecule has 0 aliphatic rings. The number of hydrogen-bond donors (Lipinski definition) is 1. The number of nitrogens with zero attached hydrogens (tertiary/aromatic N) is 2. The molecule has 0 bridgehead atoms. The third kappa shape index (κ3) is 4.10. The summed E-state index contributed by atoms with van der Waals surface area (Å²) in [6, 6.07) is 7.12. The van der Waals surface area contributed by atoms with Crippen molar-refractivity contribution >= 4 is 45.0 Å². The van der Waals surface area contributed by atoms with E-state index in [2.05, 4.69) is 15.3 Å². The normalized spacial score (nSPS) is 10.9. The standard InChI is InChI=1S/C18H11F2N3OS3/c19-10-3-4-13(20)12(6-10)14-9-27-18(22-14)23-16(24)7-11-8-26-17(21-11)15-2-1-5-25-15/h1-6,8-9H,7H2,(H,22,23,24). The minimum atomic E-state index is -0.567. The summed E-state index contributed by atoms with van der Waals surface area (Å²) in [7, 11) is 0. The highest BCUT2D eigenvalue weighted by Crippen LogP contribution is 2.29. The molecule has 4 nitrogen and oxygen atoms in total. The largest absolute Gasteiger partial charge is 0.302 e. The van der Waals surface area contributed by atoms with Crippen LogP contribution in [0.2, 0.25) is 0 Å². The van der Waals surface area contributed by atoms with E-state index in [1.165, 1.54) is 11.3 Å². The second-order valence-electron chi connectivity index (χ2n) is 5.51. The number of hydrogen-bond acceptors (Lipinski definition) is 6. The number of nitrogens with one attached hydrogen (secondary N) is 1. The molecule has 4 rings (SSSR count). The van der Waals surface area contributed by atoms with Gasteiger partial charge < -0.3 is 5.32 Å². The maximum absolute atomic E-state index is 13.8. The first kappa shape index (κ1) is 17.9. The first-order valence-corrected chi connectivity index (χ1v) is 10.4. The first-order chi connectivity index (χ1) is 13.1. The van der Waals surface area contributed by atoms with E-state index in [1.54, 1.807) is 16.7 Å². The fraction of sp³-hybridized carbons (Fsp3) is 0.0556. The second kappa shape index (κ2) is 7.63. The van der Waals surface area contributed by atoms with Crippen molar-refractivity contribution in [1.82, 2.24) is 9.97 Å². The molecular formula is C18H11F2N3OS3. The number of carbonyl (C=O) groups is 1. The lowest BCUT2D eigenvalue weighted by molar-refractivity contribution is -0.115. The molecule has 9 heteroatoms. The van der Waals surface area contributed by atoms with Crippen LogP contribution in [0.5, 0.6) is 0 Å². The topological polar surface area (TPSA) is 54.9 Å². The zero-order valence-electron chi connectivity index (χ0n) is 13.6. The lowest BCUT2D eigenvalue weighted by Gasteiger charge is -2.00. The van der Waals surface area contributed by atoms with Crippen LogP contribution < -0.4 is 5.32 Å². The van der Waals surface area contributed by atoms with Gasteiger partial charge in [-0.3, -0.25) is 4.79 Å². The molecule has 1 N–H and O–H groups in total. The Balaban J connectivity index is 1.43. The summed E-state index contributed by atoms with van der Waals surface area (Å²) in [4.78, 5) is 21.9. The van der Waals surface area contributed by atoms with E-state index in [4.69, 9.17) is 0 Å². The zero-order valence-corrected chi connectivity index (χ0v) is 16.1. The average molecular weight is 420 g/mol. The quantitative estimate of drug-likeness (QED) is 0.468. The van der Waals surface area contributed by atoms with Crippen LogP contribution in [0, 0.1) is 11.6 Å². The first-order valence-electron chi connectivity index (χ1n) is 7.77. The molecule has 0 aliphatic carbocycles. The van der Waals surface area contributed by atoms with Crippen LogP contribution in [-0.4, -0.2) is 15.9 Å². The van der Waals surface area contributed by atoms with E-state index in [0.717, 1.165) is 39.4 Å². The molecular weight excluding hydrogens is 408 g/mol. The Morgan fingerprint density at radius 1 is 1.07 bits per heavy atom. The molecule has 0 spiro atoms. The highest BCUT2D eigenvalue weighted by Gasteiger charge is 2.14. The predicted octanol–water partition coefficient (Wildman–Crippen LogP) is 5.45. The van der Waals surface area contributed by atoms with Crippen LogP contribution in [-0.2, 0) is 11.2 Å². The van der Waals surface area contributed by atoms with Crippen molar-refractivity contribution < 1.29 is 13.6 Å². The van der Waals surface area contributed by atoms with Crippen LogP contribution in [0.4, 0.5) is 13.9 Å². The summed E-state index contributed by atoms with van der Waals surface area (Å²) in [5.74, 6) is -1.38. The number of aromatic nitrogens is 2. The predicted molar refractivity (Wildman–Crippen MR) is 105 cm³/mol. The fourth-order valence-corrected chi connectivity index (χ4v) is 4.74. The monoisotopic (exact) mass is 419 g/mol. The number of thiazole rings is 2. The Bertz CT molecular complexity index is 1090. The number of thiophene rings is 1. The van der Waals surface area contributed by atoms with Crippen LogP contribution in [0.15, 0.2) is 46.5 Å². The van der Waals surface area contributed by atoms with E-state index in [0.29, 0.717) is 10.8 Å². The number of amides is 1. The number of anilines is 1. The third-order valence-electron chi connectivity index (χ3n) is 3.58. The van der Waals surface area contributed by atoms with E-state index >= 15 is 0 Å². The van der Waals surface area contributed by atoms with Crippen molar-refractivity contribution in [3.8, 4) is 21.1 Å². The number of carbonyl (C=O) groups excluding carboxylic acids is 1. The average Bonchev–Trinajstić information content (AvgIpc) is 3.38. The summed E-state index contributed by atoms with van der Waals surface area (Å²) in [5.41, 5.74) is 1.02. The molecule has 3 aromatic heterocycles. The molecule has 1 amide bonds. The molecule has 0 saturated carbocycles. The lowest BCUT2D eigenvalue weighted by atomic mass is 10.1. The van der Waals surface area contributed by atoms with Crippen molar-refractivity contribution in [2.45, 2.75) is 6.42 Å². The second-order valence-corrected chi connectivity index (χ2v) is 8.17. The highest BCUT2D eigenvalue weighted by atomic mass is 32.1. The third-order valence-corrected chi connectivity index (χ3v) is 6.27. The van der Waals surface area contributed by atoms with Crippen LogP contribution >= 0.6 is 34.0 Å². The minimum Gasteiger partial charge on any atom is -0.302 e. The molecule has 1 aromatic carbocycles. The molecule has 0 radical (unpaired) electrons. The summed E-state index contributed by atoms with van der Waals surface area (Å²) in [5, 5.41) is 9.29. The van der Waals surface area contributed by atoms with Gasteiger partial charge in [-0.05, 0) is 29.6 Å². The van der Waals surface area contributed by atoms with Gasteiger partial charge in [0.25, 0.3) is 0 Å². The zero-order chi connectivity index (χ0) is 18.8. The van der Waals surface area contributed by atoms with Gasteiger partial charge in [0.1, 0.15) is 16.6 Å². The molecule has 0 atom stereocenters. The number of halogens is 2. The van der Waals surface area contributed by atoms with E-state index < -0.39 is 11.6 Å². The Labute approximate surface area is 165 Å². The summed E-state index contributed by atoms with van der Waals surface area (Å²) in [6.45, 7) is 0. The van der Waals surface area contributed by atoms with E-state index in [-0.39, 0.29) is 23.6 Å². The van der Waals surface area contributed by atoms with Gasteiger partial charge in [0.15, 0.2) is 5.13 Å². The maximum Gasteiger partial charge on any atom is 0.232 e. The molecule has 0 unspecified atom stereocenters. The Morgan fingerprint density at radius 2 is 1.96 bits per heavy atom. The van der Waals surface area contributed by atoms with Crippen molar-refractivity contribution in [1.29, 1.82) is 0 Å². The summed E-state index contributed by atoms with van der Waals surface area (Å²) >= 11 is 4.24.